The third kappa shape index (κ3) is 3.09. The Morgan fingerprint density at radius 2 is 1.60 bits per heavy atom. The summed E-state index contributed by atoms with van der Waals surface area (Å²) in [4.78, 5) is 0. The Hall–Kier alpha value is -1.63. The molecule has 0 saturated carbocycles. The van der Waals surface area contributed by atoms with E-state index in [1.165, 1.54) is 18.2 Å². The summed E-state index contributed by atoms with van der Waals surface area (Å²) in [6, 6.07) is 8.06. The molecule has 0 unspecified atom stereocenters. The smallest absolute Gasteiger partial charge is 0.166 e. The van der Waals surface area contributed by atoms with Crippen molar-refractivity contribution in [2.75, 3.05) is 0 Å². The van der Waals surface area contributed by atoms with E-state index in [1.807, 2.05) is 0 Å². The van der Waals surface area contributed by atoms with Crippen LogP contribution in [0.2, 0.25) is 10.0 Å². The van der Waals surface area contributed by atoms with Gasteiger partial charge in [0.05, 0.1) is 15.6 Å². The molecule has 2 aromatic rings. The van der Waals surface area contributed by atoms with E-state index in [0.717, 1.165) is 12.1 Å². The predicted molar refractivity (Wildman–Crippen MR) is 74.8 cm³/mol. The van der Waals surface area contributed by atoms with E-state index in [0.29, 0.717) is 16.1 Å². The van der Waals surface area contributed by atoms with Crippen LogP contribution in [-0.2, 0) is 6.18 Å². The monoisotopic (exact) mass is 314 g/mol. The van der Waals surface area contributed by atoms with Gasteiger partial charge >= 0.3 is 6.18 Å². The van der Waals surface area contributed by atoms with E-state index >= 15 is 0 Å². The molecule has 2 rings (SSSR count). The lowest BCUT2D eigenvalue weighted by Gasteiger charge is -2.11. The number of alkyl halides is 3. The maximum atomic E-state index is 12.8. The first-order chi connectivity index (χ1) is 9.31. The summed E-state index contributed by atoms with van der Waals surface area (Å²) in [7, 11) is 0. The average molecular weight is 315 g/mol. The molecule has 0 amide bonds. The van der Waals surface area contributed by atoms with Gasteiger partial charge in [-0.3, -0.25) is 0 Å². The Labute approximate surface area is 124 Å². The minimum atomic E-state index is -4.46. The zero-order chi connectivity index (χ0) is 14.9. The predicted octanol–water partition coefficient (Wildman–Crippen LogP) is 5.66. The van der Waals surface area contributed by atoms with Crippen LogP contribution in [0.4, 0.5) is 13.2 Å². The van der Waals surface area contributed by atoms with Crippen molar-refractivity contribution >= 4 is 23.2 Å². The van der Waals surface area contributed by atoms with Crippen molar-refractivity contribution in [1.29, 1.82) is 0 Å². The largest absolute Gasteiger partial charge is 0.416 e. The van der Waals surface area contributed by atoms with Gasteiger partial charge in [0, 0.05) is 5.56 Å². The Bertz CT molecular complexity index is 697. The van der Waals surface area contributed by atoms with Crippen molar-refractivity contribution in [3.8, 4) is 23.5 Å². The van der Waals surface area contributed by atoms with Crippen molar-refractivity contribution in [3.63, 3.8) is 0 Å². The highest BCUT2D eigenvalue weighted by atomic mass is 35.5. The Kier molecular flexibility index (Phi) is 3.99. The van der Waals surface area contributed by atoms with Crippen molar-refractivity contribution < 1.29 is 13.2 Å². The summed E-state index contributed by atoms with van der Waals surface area (Å²) in [5.41, 5.74) is 0.211. The second-order valence-electron chi connectivity index (χ2n) is 4.07. The first-order valence-electron chi connectivity index (χ1n) is 5.45. The summed E-state index contributed by atoms with van der Waals surface area (Å²) >= 11 is 11.7. The van der Waals surface area contributed by atoms with Gasteiger partial charge in [-0.25, -0.2) is 0 Å². The summed E-state index contributed by atoms with van der Waals surface area (Å²) < 4.78 is 38.5. The molecule has 0 aliphatic heterocycles. The standard InChI is InChI=1S/C15H7Cl2F3/c1-2-9-5-11(7-12(6-9)15(18,19)20)10-3-4-13(16)14(17)8-10/h1,3-8H. The van der Waals surface area contributed by atoms with Crippen molar-refractivity contribution in [3.05, 3.63) is 57.6 Å². The maximum Gasteiger partial charge on any atom is 0.416 e. The summed E-state index contributed by atoms with van der Waals surface area (Å²) in [5.74, 6) is 2.22. The van der Waals surface area contributed by atoms with Crippen LogP contribution in [-0.4, -0.2) is 0 Å². The average Bonchev–Trinajstić information content (AvgIpc) is 2.40. The molecule has 0 nitrogen and oxygen atoms in total. The van der Waals surface area contributed by atoms with Gasteiger partial charge in [-0.05, 0) is 41.5 Å². The molecule has 0 aliphatic rings. The molecule has 0 aromatic heterocycles. The summed E-state index contributed by atoms with van der Waals surface area (Å²) in [6.07, 6.45) is 0.738. The third-order valence-electron chi connectivity index (χ3n) is 2.68. The van der Waals surface area contributed by atoms with Crippen LogP contribution in [0.5, 0.6) is 0 Å². The van der Waals surface area contributed by atoms with Crippen LogP contribution >= 0.6 is 23.2 Å². The van der Waals surface area contributed by atoms with Gasteiger partial charge in [0.2, 0.25) is 0 Å². The highest BCUT2D eigenvalue weighted by molar-refractivity contribution is 6.42. The maximum absolute atomic E-state index is 12.8. The lowest BCUT2D eigenvalue weighted by atomic mass is 10.00. The van der Waals surface area contributed by atoms with Crippen molar-refractivity contribution in [2.24, 2.45) is 0 Å². The van der Waals surface area contributed by atoms with Gasteiger partial charge in [0.15, 0.2) is 0 Å². The molecule has 102 valence electrons. The molecule has 5 heteroatoms. The van der Waals surface area contributed by atoms with E-state index in [9.17, 15) is 13.2 Å². The molecule has 0 N–H and O–H groups in total. The normalized spacial score (nSPS) is 11.2. The summed E-state index contributed by atoms with van der Waals surface area (Å²) in [6.45, 7) is 0. The number of rotatable bonds is 1. The molecule has 0 bridgehead atoms. The molecule has 0 aliphatic carbocycles. The molecule has 0 radical (unpaired) electrons. The number of terminal acetylenes is 1. The minimum absolute atomic E-state index is 0.154. The van der Waals surface area contributed by atoms with E-state index in [-0.39, 0.29) is 10.6 Å². The highest BCUT2D eigenvalue weighted by Gasteiger charge is 2.31. The van der Waals surface area contributed by atoms with Gasteiger partial charge < -0.3 is 0 Å². The number of hydrogen-bond acceptors (Lipinski definition) is 0. The topological polar surface area (TPSA) is 0 Å². The molecule has 0 saturated heterocycles. The van der Waals surface area contributed by atoms with Gasteiger partial charge in [-0.2, -0.15) is 13.2 Å². The second-order valence-corrected chi connectivity index (χ2v) is 4.88. The fraction of sp³-hybridized carbons (Fsp3) is 0.0667. The molecular weight excluding hydrogens is 308 g/mol. The molecule has 0 heterocycles. The Balaban J connectivity index is 2.62. The molecule has 0 atom stereocenters. The lowest BCUT2D eigenvalue weighted by molar-refractivity contribution is -0.137. The number of halogens is 5. The van der Waals surface area contributed by atoms with Gasteiger partial charge in [-0.15, -0.1) is 6.42 Å². The molecule has 0 spiro atoms. The first-order valence-corrected chi connectivity index (χ1v) is 6.21. The third-order valence-corrected chi connectivity index (χ3v) is 3.42. The fourth-order valence-electron chi connectivity index (χ4n) is 1.72. The van der Waals surface area contributed by atoms with Crippen LogP contribution < -0.4 is 0 Å². The van der Waals surface area contributed by atoms with E-state index in [1.54, 1.807) is 6.07 Å². The minimum Gasteiger partial charge on any atom is -0.166 e. The van der Waals surface area contributed by atoms with Crippen molar-refractivity contribution in [2.45, 2.75) is 6.18 Å². The SMILES string of the molecule is C#Cc1cc(-c2ccc(Cl)c(Cl)c2)cc(C(F)(F)F)c1. The molecule has 20 heavy (non-hydrogen) atoms. The number of hydrogen-bond donors (Lipinski definition) is 0. The van der Waals surface area contributed by atoms with Crippen LogP contribution in [0.15, 0.2) is 36.4 Å². The van der Waals surface area contributed by atoms with E-state index < -0.39 is 11.7 Å². The van der Waals surface area contributed by atoms with Crippen LogP contribution in [0.25, 0.3) is 11.1 Å². The van der Waals surface area contributed by atoms with Crippen LogP contribution in [0, 0.1) is 12.3 Å². The molecule has 0 fully saturated rings. The highest BCUT2D eigenvalue weighted by Crippen LogP contribution is 2.35. The Morgan fingerprint density at radius 3 is 2.15 bits per heavy atom. The number of benzene rings is 2. The zero-order valence-electron chi connectivity index (χ0n) is 9.93. The van der Waals surface area contributed by atoms with E-state index in [4.69, 9.17) is 29.6 Å². The van der Waals surface area contributed by atoms with E-state index in [2.05, 4.69) is 5.92 Å². The quantitative estimate of drug-likeness (QED) is 0.596. The van der Waals surface area contributed by atoms with Crippen LogP contribution in [0.1, 0.15) is 11.1 Å². The van der Waals surface area contributed by atoms with Gasteiger partial charge in [0.1, 0.15) is 0 Å². The molecular formula is C15H7Cl2F3. The second kappa shape index (κ2) is 5.40. The van der Waals surface area contributed by atoms with Crippen LogP contribution in [0.3, 0.4) is 0 Å². The zero-order valence-corrected chi connectivity index (χ0v) is 11.4. The van der Waals surface area contributed by atoms with Gasteiger partial charge in [0.25, 0.3) is 0 Å². The Morgan fingerprint density at radius 1 is 0.900 bits per heavy atom. The fourth-order valence-corrected chi connectivity index (χ4v) is 2.02. The first kappa shape index (κ1) is 14.8. The summed E-state index contributed by atoms with van der Waals surface area (Å²) in [5, 5.41) is 0.600. The van der Waals surface area contributed by atoms with Crippen molar-refractivity contribution in [1.82, 2.24) is 0 Å². The van der Waals surface area contributed by atoms with Gasteiger partial charge in [-0.1, -0.05) is 35.2 Å². The lowest BCUT2D eigenvalue weighted by Crippen LogP contribution is -2.05. The molecule has 2 aromatic carbocycles.